The predicted molar refractivity (Wildman–Crippen MR) is 121 cm³/mol. The third-order valence-corrected chi connectivity index (χ3v) is 5.75. The summed E-state index contributed by atoms with van der Waals surface area (Å²) in [6, 6.07) is 9.78. The maximum atomic E-state index is 13.4. The summed E-state index contributed by atoms with van der Waals surface area (Å²) in [5.41, 5.74) is 4.34. The first kappa shape index (κ1) is 20.8. The summed E-state index contributed by atoms with van der Waals surface area (Å²) >= 11 is 0. The van der Waals surface area contributed by atoms with Gasteiger partial charge in [-0.2, -0.15) is 10.2 Å². The van der Waals surface area contributed by atoms with Crippen molar-refractivity contribution in [2.45, 2.75) is 41.2 Å². The molecule has 1 aromatic carbocycles. The Morgan fingerprint density at radius 2 is 1.90 bits per heavy atom. The van der Waals surface area contributed by atoms with Gasteiger partial charge in [0, 0.05) is 23.4 Å². The minimum atomic E-state index is -0.311. The van der Waals surface area contributed by atoms with E-state index in [1.807, 2.05) is 55.8 Å². The van der Waals surface area contributed by atoms with Crippen LogP contribution >= 0.6 is 0 Å². The Hall–Kier alpha value is -3.42. The van der Waals surface area contributed by atoms with Crippen molar-refractivity contribution in [3.63, 3.8) is 0 Å². The van der Waals surface area contributed by atoms with Crippen LogP contribution in [0.1, 0.15) is 42.6 Å². The number of anilines is 1. The lowest BCUT2D eigenvalue weighted by atomic mass is 9.90. The van der Waals surface area contributed by atoms with Gasteiger partial charge in [-0.3, -0.25) is 14.3 Å². The molecule has 0 atom stereocenters. The Balaban J connectivity index is 1.70. The van der Waals surface area contributed by atoms with Crippen molar-refractivity contribution >= 4 is 34.1 Å². The minimum Gasteiger partial charge on any atom is -0.331 e. The molecule has 0 unspecified atom stereocenters. The fraction of sp³-hybridized carbons (Fsp3) is 0.391. The molecule has 0 aliphatic carbocycles. The largest absolute Gasteiger partial charge is 0.331 e. The van der Waals surface area contributed by atoms with Gasteiger partial charge in [0.05, 0.1) is 29.3 Å². The number of amides is 2. The molecule has 0 saturated heterocycles. The molecule has 0 radical (unpaired) electrons. The van der Waals surface area contributed by atoms with E-state index in [1.165, 1.54) is 5.01 Å². The van der Waals surface area contributed by atoms with E-state index in [-0.39, 0.29) is 23.8 Å². The second kappa shape index (κ2) is 7.37. The van der Waals surface area contributed by atoms with Crippen LogP contribution in [0, 0.1) is 19.3 Å². The fourth-order valence-corrected chi connectivity index (χ4v) is 3.83. The van der Waals surface area contributed by atoms with E-state index in [1.54, 1.807) is 4.68 Å². The van der Waals surface area contributed by atoms with Crippen LogP contribution in [-0.4, -0.2) is 43.4 Å². The van der Waals surface area contributed by atoms with Crippen molar-refractivity contribution in [3.05, 3.63) is 47.4 Å². The third-order valence-electron chi connectivity index (χ3n) is 5.75. The quantitative estimate of drug-likeness (QED) is 0.704. The fourth-order valence-electron chi connectivity index (χ4n) is 3.83. The first-order valence-electron chi connectivity index (χ1n) is 10.3. The summed E-state index contributed by atoms with van der Waals surface area (Å²) < 4.78 is 3.71. The molecule has 3 aromatic rings. The van der Waals surface area contributed by atoms with Crippen LogP contribution in [0.5, 0.6) is 0 Å². The van der Waals surface area contributed by atoms with Crippen LogP contribution in [-0.2, 0) is 18.4 Å². The summed E-state index contributed by atoms with van der Waals surface area (Å²) in [7, 11) is 1.83. The molecular weight excluding hydrogens is 392 g/mol. The highest BCUT2D eigenvalue weighted by molar-refractivity contribution is 6.05. The highest BCUT2D eigenvalue weighted by Gasteiger charge is 2.31. The Morgan fingerprint density at radius 3 is 2.55 bits per heavy atom. The number of nitrogens with zero attached hydrogens (tertiary/aromatic N) is 5. The highest BCUT2D eigenvalue weighted by atomic mass is 16.2. The van der Waals surface area contributed by atoms with Crippen molar-refractivity contribution < 1.29 is 9.59 Å². The van der Waals surface area contributed by atoms with E-state index in [2.05, 4.69) is 36.3 Å². The molecule has 1 N–H and O–H groups in total. The zero-order valence-electron chi connectivity index (χ0n) is 18.9. The zero-order valence-corrected chi connectivity index (χ0v) is 18.9. The smallest absolute Gasteiger partial charge is 0.291 e. The molecule has 1 aliphatic heterocycles. The maximum absolute atomic E-state index is 13.4. The SMILES string of the molecule is Cc1nn(C)c(C)c1NC(=O)CN1N=C(C(C)(C)C)Cn2c(cc3ccccc32)C1=O. The van der Waals surface area contributed by atoms with Gasteiger partial charge in [-0.05, 0) is 26.0 Å². The van der Waals surface area contributed by atoms with Gasteiger partial charge in [-0.15, -0.1) is 0 Å². The van der Waals surface area contributed by atoms with Crippen molar-refractivity contribution in [2.75, 3.05) is 11.9 Å². The van der Waals surface area contributed by atoms with E-state index in [0.29, 0.717) is 17.9 Å². The van der Waals surface area contributed by atoms with Crippen LogP contribution in [0.3, 0.4) is 0 Å². The lowest BCUT2D eigenvalue weighted by molar-refractivity contribution is -0.116. The standard InChI is InChI=1S/C23H28N6O2/c1-14-21(15(2)27(6)25-14)24-20(30)13-29-22(31)18-11-16-9-7-8-10-17(16)28(18)12-19(26-29)23(3,4)5/h7-11H,12-13H2,1-6H3,(H,24,30). The maximum Gasteiger partial charge on any atom is 0.291 e. The van der Waals surface area contributed by atoms with E-state index in [9.17, 15) is 9.59 Å². The number of hydrogen-bond donors (Lipinski definition) is 1. The molecule has 0 saturated carbocycles. The molecule has 4 rings (SSSR count). The van der Waals surface area contributed by atoms with Crippen molar-refractivity contribution in [1.82, 2.24) is 19.4 Å². The number of carbonyl (C=O) groups excluding carboxylic acids is 2. The van der Waals surface area contributed by atoms with E-state index >= 15 is 0 Å². The van der Waals surface area contributed by atoms with Gasteiger partial charge in [-0.25, -0.2) is 5.01 Å². The number of fused-ring (bicyclic) bond motifs is 3. The van der Waals surface area contributed by atoms with Crippen molar-refractivity contribution in [3.8, 4) is 0 Å². The lowest BCUT2D eigenvalue weighted by Crippen LogP contribution is -2.35. The van der Waals surface area contributed by atoms with E-state index in [0.717, 1.165) is 28.0 Å². The van der Waals surface area contributed by atoms with Crippen LogP contribution in [0.25, 0.3) is 10.9 Å². The number of nitrogens with one attached hydrogen (secondary N) is 1. The first-order valence-corrected chi connectivity index (χ1v) is 10.3. The van der Waals surface area contributed by atoms with Crippen LogP contribution in [0.4, 0.5) is 5.69 Å². The monoisotopic (exact) mass is 420 g/mol. The third kappa shape index (κ3) is 3.73. The number of aryl methyl sites for hydroxylation is 2. The molecule has 162 valence electrons. The van der Waals surface area contributed by atoms with Crippen molar-refractivity contribution in [2.24, 2.45) is 17.6 Å². The predicted octanol–water partition coefficient (Wildman–Crippen LogP) is 3.49. The van der Waals surface area contributed by atoms with Gasteiger partial charge < -0.3 is 9.88 Å². The molecule has 1 aliphatic rings. The van der Waals surface area contributed by atoms with E-state index < -0.39 is 0 Å². The average molecular weight is 421 g/mol. The lowest BCUT2D eigenvalue weighted by Gasteiger charge is -2.23. The number of hydrogen-bond acceptors (Lipinski definition) is 4. The van der Waals surface area contributed by atoms with Crippen LogP contribution < -0.4 is 5.32 Å². The summed E-state index contributed by atoms with van der Waals surface area (Å²) in [5.74, 6) is -0.598. The summed E-state index contributed by atoms with van der Waals surface area (Å²) in [6.45, 7) is 10.2. The molecule has 31 heavy (non-hydrogen) atoms. The van der Waals surface area contributed by atoms with Gasteiger partial charge in [0.15, 0.2) is 0 Å². The number of aromatic nitrogens is 3. The zero-order chi connectivity index (χ0) is 22.5. The summed E-state index contributed by atoms with van der Waals surface area (Å²) in [6.07, 6.45) is 0. The minimum absolute atomic E-state index is 0.173. The highest BCUT2D eigenvalue weighted by Crippen LogP contribution is 2.28. The average Bonchev–Trinajstić information content (AvgIpc) is 3.12. The number of para-hydroxylation sites is 1. The van der Waals surface area contributed by atoms with E-state index in [4.69, 9.17) is 0 Å². The molecule has 2 amide bonds. The summed E-state index contributed by atoms with van der Waals surface area (Å²) in [4.78, 5) is 26.3. The topological polar surface area (TPSA) is 84.5 Å². The number of rotatable bonds is 3. The second-order valence-electron chi connectivity index (χ2n) is 9.05. The van der Waals surface area contributed by atoms with Crippen LogP contribution in [0.2, 0.25) is 0 Å². The first-order chi connectivity index (χ1) is 14.6. The molecule has 0 spiro atoms. The van der Waals surface area contributed by atoms with Gasteiger partial charge in [0.2, 0.25) is 5.91 Å². The van der Waals surface area contributed by atoms with Gasteiger partial charge in [0.25, 0.3) is 5.91 Å². The molecule has 0 bridgehead atoms. The normalized spacial score (nSPS) is 14.5. The molecule has 8 heteroatoms. The summed E-state index contributed by atoms with van der Waals surface area (Å²) in [5, 5.41) is 14.2. The molecule has 0 fully saturated rings. The Labute approximate surface area is 181 Å². The molecule has 2 aromatic heterocycles. The Morgan fingerprint density at radius 1 is 1.19 bits per heavy atom. The van der Waals surface area contributed by atoms with Gasteiger partial charge in [-0.1, -0.05) is 39.0 Å². The molecular formula is C23H28N6O2. The van der Waals surface area contributed by atoms with Gasteiger partial charge in [0.1, 0.15) is 12.2 Å². The molecule has 8 nitrogen and oxygen atoms in total. The molecule has 3 heterocycles. The number of hydrazone groups is 1. The number of benzene rings is 1. The Bertz CT molecular complexity index is 1220. The van der Waals surface area contributed by atoms with Crippen LogP contribution in [0.15, 0.2) is 35.4 Å². The second-order valence-corrected chi connectivity index (χ2v) is 9.05. The van der Waals surface area contributed by atoms with Gasteiger partial charge >= 0.3 is 0 Å². The van der Waals surface area contributed by atoms with Crippen molar-refractivity contribution in [1.29, 1.82) is 0 Å². The Kier molecular flexibility index (Phi) is 4.95. The number of carbonyl (C=O) groups is 2.